The third-order valence-electron chi connectivity index (χ3n) is 4.00. The molecule has 6 nitrogen and oxygen atoms in total. The average Bonchev–Trinajstić information content (AvgIpc) is 2.45. The zero-order valence-electron chi connectivity index (χ0n) is 12.2. The highest BCUT2D eigenvalue weighted by Gasteiger charge is 2.35. The van der Waals surface area contributed by atoms with Crippen molar-refractivity contribution in [2.75, 3.05) is 17.7 Å². The Morgan fingerprint density at radius 2 is 2.24 bits per heavy atom. The molecule has 1 saturated heterocycles. The Morgan fingerprint density at radius 3 is 2.81 bits per heavy atom. The number of carboxylic acids is 1. The largest absolute Gasteiger partial charge is 0.480 e. The van der Waals surface area contributed by atoms with Crippen molar-refractivity contribution in [1.29, 1.82) is 0 Å². The molecule has 1 aliphatic rings. The number of pyridine rings is 1. The van der Waals surface area contributed by atoms with Gasteiger partial charge in [0.15, 0.2) is 9.84 Å². The van der Waals surface area contributed by atoms with Crippen LogP contribution in [0.2, 0.25) is 0 Å². The standard InChI is InChI=1S/C14H20N2O4S/c1-3-10-6-8-16(11(9-10)14(17)18)13-12(21(2,19)20)5-4-7-15-13/h4-5,7,10-11H,3,6,8-9H2,1-2H3,(H,17,18). The summed E-state index contributed by atoms with van der Waals surface area (Å²) in [4.78, 5) is 17.4. The number of piperidine rings is 1. The minimum absolute atomic E-state index is 0.0891. The Hall–Kier alpha value is -1.63. The lowest BCUT2D eigenvalue weighted by atomic mass is 9.89. The molecule has 0 bridgehead atoms. The summed E-state index contributed by atoms with van der Waals surface area (Å²) in [6.45, 7) is 2.55. The van der Waals surface area contributed by atoms with E-state index in [2.05, 4.69) is 4.98 Å². The van der Waals surface area contributed by atoms with E-state index in [4.69, 9.17) is 0 Å². The van der Waals surface area contributed by atoms with Crippen LogP contribution in [0.15, 0.2) is 23.2 Å². The summed E-state index contributed by atoms with van der Waals surface area (Å²) >= 11 is 0. The van der Waals surface area contributed by atoms with Gasteiger partial charge in [-0.15, -0.1) is 0 Å². The quantitative estimate of drug-likeness (QED) is 0.908. The molecule has 1 aromatic heterocycles. The molecule has 2 heterocycles. The molecule has 21 heavy (non-hydrogen) atoms. The Morgan fingerprint density at radius 1 is 1.52 bits per heavy atom. The SMILES string of the molecule is CCC1CCN(c2ncccc2S(C)(=O)=O)C(C(=O)O)C1. The fraction of sp³-hybridized carbons (Fsp3) is 0.571. The highest BCUT2D eigenvalue weighted by atomic mass is 32.2. The molecule has 2 atom stereocenters. The number of rotatable bonds is 4. The van der Waals surface area contributed by atoms with Gasteiger partial charge in [-0.3, -0.25) is 0 Å². The van der Waals surface area contributed by atoms with E-state index in [0.29, 0.717) is 18.9 Å². The molecule has 1 aromatic rings. The lowest BCUT2D eigenvalue weighted by Gasteiger charge is -2.38. The average molecular weight is 312 g/mol. The van der Waals surface area contributed by atoms with Crippen molar-refractivity contribution in [2.24, 2.45) is 5.92 Å². The summed E-state index contributed by atoms with van der Waals surface area (Å²) in [5.74, 6) is -0.326. The van der Waals surface area contributed by atoms with Crippen molar-refractivity contribution >= 4 is 21.6 Å². The van der Waals surface area contributed by atoms with Crippen LogP contribution in [0.25, 0.3) is 0 Å². The van der Waals surface area contributed by atoms with Crippen LogP contribution < -0.4 is 4.90 Å². The van der Waals surface area contributed by atoms with Gasteiger partial charge in [0.25, 0.3) is 0 Å². The van der Waals surface area contributed by atoms with Gasteiger partial charge in [0.2, 0.25) is 0 Å². The van der Waals surface area contributed by atoms with Crippen LogP contribution in [0.1, 0.15) is 26.2 Å². The van der Waals surface area contributed by atoms with Crippen LogP contribution in [-0.2, 0) is 14.6 Å². The van der Waals surface area contributed by atoms with Crippen molar-refractivity contribution in [1.82, 2.24) is 4.98 Å². The van der Waals surface area contributed by atoms with E-state index in [9.17, 15) is 18.3 Å². The van der Waals surface area contributed by atoms with Crippen molar-refractivity contribution in [3.05, 3.63) is 18.3 Å². The predicted molar refractivity (Wildman–Crippen MR) is 79.1 cm³/mol. The van der Waals surface area contributed by atoms with Crippen molar-refractivity contribution in [3.8, 4) is 0 Å². The number of anilines is 1. The molecule has 2 rings (SSSR count). The fourth-order valence-electron chi connectivity index (χ4n) is 2.78. The molecule has 1 aliphatic heterocycles. The molecule has 2 unspecified atom stereocenters. The van der Waals surface area contributed by atoms with Gasteiger partial charge >= 0.3 is 5.97 Å². The monoisotopic (exact) mass is 312 g/mol. The third kappa shape index (κ3) is 3.34. The second kappa shape index (κ2) is 6.01. The minimum atomic E-state index is -3.45. The Kier molecular flexibility index (Phi) is 4.51. The Labute approximate surface area is 124 Å². The number of sulfone groups is 1. The fourth-order valence-corrected chi connectivity index (χ4v) is 3.61. The smallest absolute Gasteiger partial charge is 0.326 e. The summed E-state index contributed by atoms with van der Waals surface area (Å²) in [5, 5.41) is 9.46. The first-order valence-electron chi connectivity index (χ1n) is 6.99. The molecular formula is C14H20N2O4S. The second-order valence-corrected chi connectivity index (χ2v) is 7.43. The van der Waals surface area contributed by atoms with Gasteiger partial charge in [0.05, 0.1) is 0 Å². The van der Waals surface area contributed by atoms with Crippen LogP contribution in [0, 0.1) is 5.92 Å². The number of carbonyl (C=O) groups is 1. The third-order valence-corrected chi connectivity index (χ3v) is 5.11. The van der Waals surface area contributed by atoms with Gasteiger partial charge in [0.1, 0.15) is 16.8 Å². The maximum Gasteiger partial charge on any atom is 0.326 e. The number of aliphatic carboxylic acids is 1. The summed E-state index contributed by atoms with van der Waals surface area (Å²) < 4.78 is 23.8. The van der Waals surface area contributed by atoms with E-state index < -0.39 is 21.8 Å². The van der Waals surface area contributed by atoms with Crippen LogP contribution in [0.3, 0.4) is 0 Å². The first kappa shape index (κ1) is 15.8. The first-order chi connectivity index (χ1) is 9.84. The molecule has 0 radical (unpaired) electrons. The maximum absolute atomic E-state index is 11.9. The number of nitrogens with zero attached hydrogens (tertiary/aromatic N) is 2. The van der Waals surface area contributed by atoms with Gasteiger partial charge in [-0.1, -0.05) is 13.3 Å². The van der Waals surface area contributed by atoms with Crippen molar-refractivity contribution in [2.45, 2.75) is 37.1 Å². The lowest BCUT2D eigenvalue weighted by Crippen LogP contribution is -2.48. The van der Waals surface area contributed by atoms with E-state index >= 15 is 0 Å². The summed E-state index contributed by atoms with van der Waals surface area (Å²) in [6, 6.07) is 2.30. The van der Waals surface area contributed by atoms with E-state index in [-0.39, 0.29) is 10.7 Å². The van der Waals surface area contributed by atoms with Gasteiger partial charge in [-0.2, -0.15) is 0 Å². The molecule has 1 N–H and O–H groups in total. The van der Waals surface area contributed by atoms with Gasteiger partial charge < -0.3 is 10.0 Å². The molecule has 7 heteroatoms. The normalized spacial score (nSPS) is 23.0. The van der Waals surface area contributed by atoms with Crippen molar-refractivity contribution in [3.63, 3.8) is 0 Å². The highest BCUT2D eigenvalue weighted by molar-refractivity contribution is 7.90. The number of hydrogen-bond acceptors (Lipinski definition) is 5. The van der Waals surface area contributed by atoms with E-state index in [0.717, 1.165) is 19.1 Å². The predicted octanol–water partition coefficient (Wildman–Crippen LogP) is 1.56. The van der Waals surface area contributed by atoms with E-state index in [1.807, 2.05) is 6.92 Å². The highest BCUT2D eigenvalue weighted by Crippen LogP contribution is 2.32. The van der Waals surface area contributed by atoms with Crippen LogP contribution in [0.4, 0.5) is 5.82 Å². The molecular weight excluding hydrogens is 292 g/mol. The van der Waals surface area contributed by atoms with Gasteiger partial charge in [-0.05, 0) is 30.9 Å². The molecule has 0 amide bonds. The van der Waals surface area contributed by atoms with Crippen molar-refractivity contribution < 1.29 is 18.3 Å². The maximum atomic E-state index is 11.9. The van der Waals surface area contributed by atoms with E-state index in [1.165, 1.54) is 12.3 Å². The molecule has 0 aliphatic carbocycles. The minimum Gasteiger partial charge on any atom is -0.480 e. The molecule has 1 fully saturated rings. The summed E-state index contributed by atoms with van der Waals surface area (Å²) in [7, 11) is -3.45. The van der Waals surface area contributed by atoms with Crippen LogP contribution >= 0.6 is 0 Å². The molecule has 116 valence electrons. The van der Waals surface area contributed by atoms with Crippen LogP contribution in [0.5, 0.6) is 0 Å². The first-order valence-corrected chi connectivity index (χ1v) is 8.88. The van der Waals surface area contributed by atoms with Gasteiger partial charge in [0, 0.05) is 19.0 Å². The topological polar surface area (TPSA) is 87.6 Å². The molecule has 0 saturated carbocycles. The number of hydrogen-bond donors (Lipinski definition) is 1. The second-order valence-electron chi connectivity index (χ2n) is 5.44. The van der Waals surface area contributed by atoms with E-state index in [1.54, 1.807) is 11.0 Å². The zero-order valence-corrected chi connectivity index (χ0v) is 13.0. The Bertz CT molecular complexity index is 630. The molecule has 0 aromatic carbocycles. The van der Waals surface area contributed by atoms with Gasteiger partial charge in [-0.25, -0.2) is 18.2 Å². The molecule has 0 spiro atoms. The number of carboxylic acid groups (broad SMARTS) is 1. The summed E-state index contributed by atoms with van der Waals surface area (Å²) in [6.07, 6.45) is 4.90. The summed E-state index contributed by atoms with van der Waals surface area (Å²) in [5.41, 5.74) is 0. The van der Waals surface area contributed by atoms with Crippen LogP contribution in [-0.4, -0.2) is 43.3 Å². The number of aromatic nitrogens is 1. The zero-order chi connectivity index (χ0) is 15.6. The Balaban J connectivity index is 2.43. The lowest BCUT2D eigenvalue weighted by molar-refractivity contribution is -0.139.